The van der Waals surface area contributed by atoms with Crippen LogP contribution in [-0.2, 0) is 20.9 Å². The van der Waals surface area contributed by atoms with Crippen molar-refractivity contribution in [1.29, 1.82) is 0 Å². The van der Waals surface area contributed by atoms with Crippen LogP contribution < -0.4 is 19.8 Å². The molecule has 1 N–H and O–H groups in total. The normalized spacial score (nSPS) is 27.4. The largest absolute Gasteiger partial charge is 0.497 e. The van der Waals surface area contributed by atoms with Crippen LogP contribution in [0, 0.1) is 36.5 Å². The standard InChI is InChI=1S/C35H30ClN3O5S2/c1-17-5-3-4-6-24(17)37-25(40)16-38-34-31(46-35(38)43)26(18-7-13-21(44-2)14-8-18)27-22-15-23(30(27)45-34)29-28(22)32(41)39(33(29)42)20-11-9-19(36)10-12-20/h3-14,22-23,26-30H,15-16H2,1-2H3,(H,37,40). The van der Waals surface area contributed by atoms with Gasteiger partial charge in [-0.05, 0) is 84.7 Å². The van der Waals surface area contributed by atoms with E-state index in [9.17, 15) is 19.2 Å². The molecular weight excluding hydrogens is 642 g/mol. The van der Waals surface area contributed by atoms with Crippen molar-refractivity contribution in [3.05, 3.63) is 103 Å². The molecule has 4 aromatic rings. The number of benzene rings is 3. The van der Waals surface area contributed by atoms with Crippen LogP contribution in [0.3, 0.4) is 0 Å². The van der Waals surface area contributed by atoms with Crippen LogP contribution in [-0.4, -0.2) is 34.6 Å². The molecule has 3 aromatic carbocycles. The van der Waals surface area contributed by atoms with Crippen LogP contribution in [0.5, 0.6) is 5.75 Å². The Hall–Kier alpha value is -3.86. The molecule has 3 heterocycles. The molecule has 7 unspecified atom stereocenters. The maximum absolute atomic E-state index is 14.0. The van der Waals surface area contributed by atoms with Gasteiger partial charge in [0.15, 0.2) is 0 Å². The van der Waals surface area contributed by atoms with E-state index in [1.54, 1.807) is 47.7 Å². The van der Waals surface area contributed by atoms with Gasteiger partial charge in [-0.15, -0.1) is 11.8 Å². The Morgan fingerprint density at radius 2 is 1.65 bits per heavy atom. The molecule has 8 nitrogen and oxygen atoms in total. The zero-order valence-corrected chi connectivity index (χ0v) is 27.4. The lowest BCUT2D eigenvalue weighted by Crippen LogP contribution is -2.43. The molecule has 46 heavy (non-hydrogen) atoms. The highest BCUT2D eigenvalue weighted by Crippen LogP contribution is 2.69. The highest BCUT2D eigenvalue weighted by Gasteiger charge is 2.69. The summed E-state index contributed by atoms with van der Waals surface area (Å²) in [4.78, 5) is 57.0. The minimum absolute atomic E-state index is 0.00690. The summed E-state index contributed by atoms with van der Waals surface area (Å²) in [7, 11) is 1.62. The number of nitrogens with one attached hydrogen (secondary N) is 1. The monoisotopic (exact) mass is 671 g/mol. The number of rotatable bonds is 6. The van der Waals surface area contributed by atoms with Gasteiger partial charge >= 0.3 is 4.87 Å². The number of nitrogens with zero attached hydrogens (tertiary/aromatic N) is 2. The predicted molar refractivity (Wildman–Crippen MR) is 179 cm³/mol. The lowest BCUT2D eigenvalue weighted by atomic mass is 9.68. The van der Waals surface area contributed by atoms with Gasteiger partial charge in [0.05, 0.1) is 29.7 Å². The van der Waals surface area contributed by atoms with Gasteiger partial charge in [0.1, 0.15) is 12.3 Å². The number of imide groups is 1. The van der Waals surface area contributed by atoms with Crippen molar-refractivity contribution in [2.45, 2.75) is 36.1 Å². The molecule has 11 heteroatoms. The van der Waals surface area contributed by atoms with E-state index in [0.29, 0.717) is 16.4 Å². The van der Waals surface area contributed by atoms with E-state index in [4.69, 9.17) is 16.3 Å². The third kappa shape index (κ3) is 4.48. The molecule has 234 valence electrons. The number of thioether (sulfide) groups is 1. The van der Waals surface area contributed by atoms with E-state index in [1.165, 1.54) is 16.2 Å². The average molecular weight is 672 g/mol. The number of carbonyl (C=O) groups excluding carboxylic acids is 3. The van der Waals surface area contributed by atoms with Crippen LogP contribution >= 0.6 is 34.7 Å². The first kappa shape index (κ1) is 29.5. The molecular formula is C35H30ClN3O5S2. The van der Waals surface area contributed by atoms with E-state index in [0.717, 1.165) is 33.2 Å². The van der Waals surface area contributed by atoms with Gasteiger partial charge < -0.3 is 10.1 Å². The van der Waals surface area contributed by atoms with Crippen LogP contribution in [0.25, 0.3) is 0 Å². The summed E-state index contributed by atoms with van der Waals surface area (Å²) in [6.07, 6.45) is 0.781. The Labute approximate surface area is 278 Å². The second-order valence-electron chi connectivity index (χ2n) is 12.5. The summed E-state index contributed by atoms with van der Waals surface area (Å²) >= 11 is 8.91. The number of aryl methyl sites for hydroxylation is 1. The van der Waals surface area contributed by atoms with Gasteiger partial charge in [0.25, 0.3) is 0 Å². The highest BCUT2D eigenvalue weighted by atomic mass is 35.5. The van der Waals surface area contributed by atoms with E-state index < -0.39 is 11.8 Å². The van der Waals surface area contributed by atoms with E-state index >= 15 is 0 Å². The predicted octanol–water partition coefficient (Wildman–Crippen LogP) is 6.20. The first-order valence-corrected chi connectivity index (χ1v) is 17.4. The number of hydrogen-bond donors (Lipinski definition) is 1. The summed E-state index contributed by atoms with van der Waals surface area (Å²) in [6.45, 7) is 1.82. The number of methoxy groups -OCH3 is 1. The Bertz CT molecular complexity index is 1960. The molecule has 0 radical (unpaired) electrons. The summed E-state index contributed by atoms with van der Waals surface area (Å²) in [5, 5.41) is 4.29. The molecule has 8 rings (SSSR count). The lowest BCUT2D eigenvalue weighted by molar-refractivity contribution is -0.123. The summed E-state index contributed by atoms with van der Waals surface area (Å²) in [6, 6.07) is 22.3. The van der Waals surface area contributed by atoms with Gasteiger partial charge in [0.2, 0.25) is 17.7 Å². The molecule has 2 aliphatic carbocycles. The number of ether oxygens (including phenoxy) is 1. The quantitative estimate of drug-likeness (QED) is 0.245. The van der Waals surface area contributed by atoms with Gasteiger partial charge in [-0.25, -0.2) is 0 Å². The molecule has 2 aliphatic heterocycles. The molecule has 4 aliphatic rings. The summed E-state index contributed by atoms with van der Waals surface area (Å²) < 4.78 is 7.03. The van der Waals surface area contributed by atoms with Crippen molar-refractivity contribution in [3.63, 3.8) is 0 Å². The zero-order valence-electron chi connectivity index (χ0n) is 25.0. The van der Waals surface area contributed by atoms with Crippen molar-refractivity contribution in [3.8, 4) is 5.75 Å². The van der Waals surface area contributed by atoms with Gasteiger partial charge in [0, 0.05) is 26.8 Å². The maximum Gasteiger partial charge on any atom is 0.308 e. The molecule has 3 fully saturated rings. The maximum atomic E-state index is 14.0. The lowest BCUT2D eigenvalue weighted by Gasteiger charge is -2.43. The number of halogens is 1. The fourth-order valence-corrected chi connectivity index (χ4v) is 11.6. The Balaban J connectivity index is 1.18. The SMILES string of the molecule is COc1ccc(C2c3sc(=O)n(CC(=O)Nc4ccccc4C)c3SC3C4CC(C5C(=O)N(c6ccc(Cl)cc6)C(=O)C45)C23)cc1. The Morgan fingerprint density at radius 1 is 0.957 bits per heavy atom. The highest BCUT2D eigenvalue weighted by molar-refractivity contribution is 8.00. The van der Waals surface area contributed by atoms with Gasteiger partial charge in [-0.3, -0.25) is 28.6 Å². The van der Waals surface area contributed by atoms with Crippen LogP contribution in [0.15, 0.2) is 82.6 Å². The molecule has 1 saturated heterocycles. The number of para-hydroxylation sites is 1. The third-order valence-electron chi connectivity index (χ3n) is 10.2. The minimum atomic E-state index is -0.414. The van der Waals surface area contributed by atoms with Crippen molar-refractivity contribution < 1.29 is 19.1 Å². The molecule has 1 aromatic heterocycles. The second kappa shape index (κ2) is 11.1. The first-order valence-electron chi connectivity index (χ1n) is 15.3. The number of hydrogen-bond acceptors (Lipinski definition) is 7. The van der Waals surface area contributed by atoms with Crippen LogP contribution in [0.1, 0.15) is 28.3 Å². The number of amides is 3. The van der Waals surface area contributed by atoms with Crippen molar-refractivity contribution in [2.24, 2.45) is 29.6 Å². The smallest absolute Gasteiger partial charge is 0.308 e. The number of anilines is 2. The zero-order chi connectivity index (χ0) is 31.9. The number of aromatic nitrogens is 1. The number of carbonyl (C=O) groups is 3. The van der Waals surface area contributed by atoms with Crippen molar-refractivity contribution >= 4 is 63.8 Å². The molecule has 7 atom stereocenters. The minimum Gasteiger partial charge on any atom is -0.497 e. The summed E-state index contributed by atoms with van der Waals surface area (Å²) in [5.74, 6) is -0.827. The third-order valence-corrected chi connectivity index (χ3v) is 13.3. The van der Waals surface area contributed by atoms with Crippen LogP contribution in [0.2, 0.25) is 5.02 Å². The Morgan fingerprint density at radius 3 is 2.35 bits per heavy atom. The van der Waals surface area contributed by atoms with Gasteiger partial charge in [-0.1, -0.05) is 53.3 Å². The topological polar surface area (TPSA) is 97.7 Å². The number of fused-ring (bicyclic) bond motifs is 9. The molecule has 3 amide bonds. The molecule has 2 bridgehead atoms. The fourth-order valence-electron chi connectivity index (χ4n) is 8.33. The fraction of sp³-hybridized carbons (Fsp3) is 0.314. The average Bonchev–Trinajstić information content (AvgIpc) is 3.77. The molecule has 2 saturated carbocycles. The van der Waals surface area contributed by atoms with E-state index in [1.807, 2.05) is 55.5 Å². The van der Waals surface area contributed by atoms with E-state index in [2.05, 4.69) is 5.32 Å². The summed E-state index contributed by atoms with van der Waals surface area (Å²) in [5.41, 5.74) is 3.23. The van der Waals surface area contributed by atoms with Gasteiger partial charge in [-0.2, -0.15) is 0 Å². The first-order chi connectivity index (χ1) is 22.2. The van der Waals surface area contributed by atoms with Crippen LogP contribution in [0.4, 0.5) is 11.4 Å². The van der Waals surface area contributed by atoms with E-state index in [-0.39, 0.29) is 58.1 Å². The molecule has 0 spiro atoms. The Kier molecular flexibility index (Phi) is 7.15. The van der Waals surface area contributed by atoms with Crippen molar-refractivity contribution in [1.82, 2.24) is 4.57 Å². The second-order valence-corrected chi connectivity index (χ2v) is 15.1. The van der Waals surface area contributed by atoms with Crippen molar-refractivity contribution in [2.75, 3.05) is 17.3 Å². The number of thiazole rings is 1.